The van der Waals surface area contributed by atoms with E-state index in [1.807, 2.05) is 53.9 Å². The fourth-order valence-electron chi connectivity index (χ4n) is 2.95. The Labute approximate surface area is 184 Å². The number of nitrogens with one attached hydrogen (secondary N) is 1. The van der Waals surface area contributed by atoms with E-state index in [1.54, 1.807) is 6.92 Å². The molecule has 0 radical (unpaired) electrons. The molecule has 1 N–H and O–H groups in total. The molecule has 0 aliphatic heterocycles. The summed E-state index contributed by atoms with van der Waals surface area (Å²) in [6.45, 7) is 2.13. The standard InChI is InChI=1S/C23H24N2O3S2/c1-2-28-22(27)14-19-15-29-23(24-19)30-16-21(26)25-20(18-11-7-4-8-12-18)13-17-9-5-3-6-10-17/h3-12,15,20H,2,13-14,16H2,1H3,(H,25,26). The molecular weight excluding hydrogens is 416 g/mol. The zero-order valence-corrected chi connectivity index (χ0v) is 18.4. The number of carbonyl (C=O) groups is 2. The van der Waals surface area contributed by atoms with Crippen LogP contribution in [0, 0.1) is 0 Å². The van der Waals surface area contributed by atoms with E-state index in [0.717, 1.165) is 16.3 Å². The van der Waals surface area contributed by atoms with Crippen LogP contribution in [-0.2, 0) is 27.2 Å². The van der Waals surface area contributed by atoms with Crippen molar-refractivity contribution >= 4 is 35.0 Å². The van der Waals surface area contributed by atoms with Crippen molar-refractivity contribution in [3.63, 3.8) is 0 Å². The van der Waals surface area contributed by atoms with Crippen LogP contribution >= 0.6 is 23.1 Å². The first-order valence-corrected chi connectivity index (χ1v) is 11.6. The van der Waals surface area contributed by atoms with Gasteiger partial charge in [-0.2, -0.15) is 0 Å². The minimum atomic E-state index is -0.288. The lowest BCUT2D eigenvalue weighted by molar-refractivity contribution is -0.142. The Hall–Kier alpha value is -2.64. The van der Waals surface area contributed by atoms with Gasteiger partial charge in [-0.25, -0.2) is 4.98 Å². The van der Waals surface area contributed by atoms with E-state index in [1.165, 1.54) is 28.7 Å². The number of thioether (sulfide) groups is 1. The lowest BCUT2D eigenvalue weighted by Crippen LogP contribution is -2.31. The molecule has 1 unspecified atom stereocenters. The normalized spacial score (nSPS) is 11.6. The van der Waals surface area contributed by atoms with Crippen LogP contribution in [0.4, 0.5) is 0 Å². The second-order valence-electron chi connectivity index (χ2n) is 6.60. The van der Waals surface area contributed by atoms with Crippen molar-refractivity contribution in [2.75, 3.05) is 12.4 Å². The molecule has 0 saturated heterocycles. The number of rotatable bonds is 10. The molecule has 1 amide bonds. The number of esters is 1. The summed E-state index contributed by atoms with van der Waals surface area (Å²) in [6, 6.07) is 20.0. The Morgan fingerprint density at radius 2 is 1.80 bits per heavy atom. The summed E-state index contributed by atoms with van der Waals surface area (Å²) in [5.41, 5.74) is 2.92. The van der Waals surface area contributed by atoms with Gasteiger partial charge in [-0.05, 0) is 24.5 Å². The van der Waals surface area contributed by atoms with E-state index in [0.29, 0.717) is 12.3 Å². The highest BCUT2D eigenvalue weighted by Crippen LogP contribution is 2.24. The molecule has 156 valence electrons. The highest BCUT2D eigenvalue weighted by Gasteiger charge is 2.16. The van der Waals surface area contributed by atoms with Crippen LogP contribution in [-0.4, -0.2) is 29.2 Å². The summed E-state index contributed by atoms with van der Waals surface area (Å²) in [4.78, 5) is 28.6. The third-order valence-corrected chi connectivity index (χ3v) is 6.38. The summed E-state index contributed by atoms with van der Waals surface area (Å²) >= 11 is 2.81. The SMILES string of the molecule is CCOC(=O)Cc1csc(SCC(=O)NC(Cc2ccccc2)c2ccccc2)n1. The van der Waals surface area contributed by atoms with Crippen LogP contribution < -0.4 is 5.32 Å². The number of hydrogen-bond donors (Lipinski definition) is 1. The molecule has 3 aromatic rings. The van der Waals surface area contributed by atoms with Crippen molar-refractivity contribution in [1.29, 1.82) is 0 Å². The Morgan fingerprint density at radius 3 is 2.50 bits per heavy atom. The van der Waals surface area contributed by atoms with Crippen LogP contribution in [0.5, 0.6) is 0 Å². The van der Waals surface area contributed by atoms with Crippen molar-refractivity contribution in [3.8, 4) is 0 Å². The van der Waals surface area contributed by atoms with E-state index < -0.39 is 0 Å². The lowest BCUT2D eigenvalue weighted by Gasteiger charge is -2.19. The Kier molecular flexibility index (Phi) is 8.47. The average molecular weight is 441 g/mol. The second kappa shape index (κ2) is 11.5. The van der Waals surface area contributed by atoms with Gasteiger partial charge in [0.05, 0.1) is 30.5 Å². The number of benzene rings is 2. The average Bonchev–Trinajstić information content (AvgIpc) is 3.20. The van der Waals surface area contributed by atoms with Crippen LogP contribution in [0.25, 0.3) is 0 Å². The minimum absolute atomic E-state index is 0.0491. The summed E-state index contributed by atoms with van der Waals surface area (Å²) in [5.74, 6) is -0.0690. The molecule has 1 aromatic heterocycles. The van der Waals surface area contributed by atoms with Crippen molar-refractivity contribution in [2.45, 2.75) is 30.1 Å². The molecular formula is C23H24N2O3S2. The zero-order chi connectivity index (χ0) is 21.2. The van der Waals surface area contributed by atoms with E-state index in [4.69, 9.17) is 4.74 Å². The number of carbonyl (C=O) groups excluding carboxylic acids is 2. The Morgan fingerprint density at radius 1 is 1.10 bits per heavy atom. The van der Waals surface area contributed by atoms with Crippen molar-refractivity contribution < 1.29 is 14.3 Å². The maximum Gasteiger partial charge on any atom is 0.311 e. The van der Waals surface area contributed by atoms with Gasteiger partial charge in [-0.1, -0.05) is 72.4 Å². The quantitative estimate of drug-likeness (QED) is 0.373. The summed E-state index contributed by atoms with van der Waals surface area (Å²) in [6.07, 6.45) is 0.881. The fourth-order valence-corrected chi connectivity index (χ4v) is 4.60. The van der Waals surface area contributed by atoms with Gasteiger partial charge in [-0.3, -0.25) is 9.59 Å². The van der Waals surface area contributed by atoms with Crippen LogP contribution in [0.1, 0.15) is 29.8 Å². The molecule has 0 spiro atoms. The van der Waals surface area contributed by atoms with Gasteiger partial charge in [0.2, 0.25) is 5.91 Å². The van der Waals surface area contributed by atoms with Gasteiger partial charge >= 0.3 is 5.97 Å². The summed E-state index contributed by atoms with van der Waals surface area (Å²) in [5, 5.41) is 4.98. The number of hydrogen-bond acceptors (Lipinski definition) is 6. The van der Waals surface area contributed by atoms with Gasteiger partial charge < -0.3 is 10.1 Å². The third kappa shape index (κ3) is 7.00. The van der Waals surface area contributed by atoms with Gasteiger partial charge in [0, 0.05) is 5.38 Å². The Balaban J connectivity index is 1.57. The molecule has 0 aliphatic carbocycles. The van der Waals surface area contributed by atoms with E-state index >= 15 is 0 Å². The van der Waals surface area contributed by atoms with Crippen LogP contribution in [0.15, 0.2) is 70.4 Å². The fraction of sp³-hybridized carbons (Fsp3) is 0.261. The van der Waals surface area contributed by atoms with Gasteiger partial charge in [0.15, 0.2) is 4.34 Å². The first-order chi connectivity index (χ1) is 14.6. The van der Waals surface area contributed by atoms with Crippen LogP contribution in [0.3, 0.4) is 0 Å². The van der Waals surface area contributed by atoms with Crippen molar-refractivity contribution in [2.24, 2.45) is 0 Å². The molecule has 0 fully saturated rings. The maximum absolute atomic E-state index is 12.6. The number of ether oxygens (including phenoxy) is 1. The molecule has 7 heteroatoms. The number of amides is 1. The molecule has 0 bridgehead atoms. The smallest absolute Gasteiger partial charge is 0.311 e. The van der Waals surface area contributed by atoms with Gasteiger partial charge in [0.1, 0.15) is 0 Å². The molecule has 3 rings (SSSR count). The molecule has 2 aromatic carbocycles. The maximum atomic E-state index is 12.6. The molecule has 0 saturated carbocycles. The topological polar surface area (TPSA) is 68.3 Å². The van der Waals surface area contributed by atoms with E-state index in [2.05, 4.69) is 22.4 Å². The predicted molar refractivity (Wildman–Crippen MR) is 121 cm³/mol. The molecule has 30 heavy (non-hydrogen) atoms. The van der Waals surface area contributed by atoms with Gasteiger partial charge in [-0.15, -0.1) is 11.3 Å². The molecule has 1 atom stereocenters. The number of nitrogens with zero attached hydrogens (tertiary/aromatic N) is 1. The first-order valence-electron chi connectivity index (χ1n) is 9.75. The summed E-state index contributed by atoms with van der Waals surface area (Å²) in [7, 11) is 0. The Bertz CT molecular complexity index is 945. The predicted octanol–water partition coefficient (Wildman–Crippen LogP) is 4.44. The molecule has 1 heterocycles. The molecule has 0 aliphatic rings. The largest absolute Gasteiger partial charge is 0.466 e. The van der Waals surface area contributed by atoms with Crippen LogP contribution in [0.2, 0.25) is 0 Å². The first kappa shape index (κ1) is 22.1. The number of thiazole rings is 1. The highest BCUT2D eigenvalue weighted by atomic mass is 32.2. The molecule has 5 nitrogen and oxygen atoms in total. The summed E-state index contributed by atoms with van der Waals surface area (Å²) < 4.78 is 5.71. The van der Waals surface area contributed by atoms with Crippen molar-refractivity contribution in [3.05, 3.63) is 82.9 Å². The monoisotopic (exact) mass is 440 g/mol. The van der Waals surface area contributed by atoms with E-state index in [-0.39, 0.29) is 30.1 Å². The zero-order valence-electron chi connectivity index (χ0n) is 16.7. The van der Waals surface area contributed by atoms with Crippen molar-refractivity contribution in [1.82, 2.24) is 10.3 Å². The second-order valence-corrected chi connectivity index (χ2v) is 8.68. The van der Waals surface area contributed by atoms with E-state index in [9.17, 15) is 9.59 Å². The highest BCUT2D eigenvalue weighted by molar-refractivity contribution is 8.01. The van der Waals surface area contributed by atoms with Gasteiger partial charge in [0.25, 0.3) is 0 Å². The number of aromatic nitrogens is 1. The minimum Gasteiger partial charge on any atom is -0.466 e. The lowest BCUT2D eigenvalue weighted by atomic mass is 9.99. The third-order valence-electron chi connectivity index (χ3n) is 4.31.